The molecular weight excluding hydrogens is 518 g/mol. The molecule has 7 nitrogen and oxygen atoms in total. The second-order valence-corrected chi connectivity index (χ2v) is 11.0. The maximum Gasteiger partial charge on any atom is 0.244 e. The molecule has 0 aliphatic carbocycles. The van der Waals surface area contributed by atoms with Crippen LogP contribution >= 0.6 is 15.9 Å². The standard InChI is InChI=1S/C25H34BrN3O4S/c1-5-7-15-27-25(31)23(6-2)28(17-20-11-9-8-10-12-20)24(30)18-29(34(4,32)33)21-13-14-22(26)19(3)16-21/h8-14,16,23H,5-7,15,17-18H2,1-4H3,(H,27,31). The van der Waals surface area contributed by atoms with E-state index >= 15 is 0 Å². The van der Waals surface area contributed by atoms with Crippen molar-refractivity contribution in [2.24, 2.45) is 0 Å². The summed E-state index contributed by atoms with van der Waals surface area (Å²) in [5, 5.41) is 2.91. The Hall–Kier alpha value is -2.39. The number of nitrogens with one attached hydrogen (secondary N) is 1. The van der Waals surface area contributed by atoms with Crippen molar-refractivity contribution in [3.8, 4) is 0 Å². The van der Waals surface area contributed by atoms with Crippen molar-refractivity contribution in [1.82, 2.24) is 10.2 Å². The van der Waals surface area contributed by atoms with E-state index in [9.17, 15) is 18.0 Å². The Bertz CT molecular complexity index is 1080. The van der Waals surface area contributed by atoms with Gasteiger partial charge in [0, 0.05) is 17.6 Å². The Morgan fingerprint density at radius 2 is 1.76 bits per heavy atom. The van der Waals surface area contributed by atoms with Crippen LogP contribution in [0.2, 0.25) is 0 Å². The molecule has 1 atom stereocenters. The first-order chi connectivity index (χ1) is 16.1. The molecule has 34 heavy (non-hydrogen) atoms. The van der Waals surface area contributed by atoms with Crippen molar-refractivity contribution in [2.75, 3.05) is 23.7 Å². The molecule has 9 heteroatoms. The summed E-state index contributed by atoms with van der Waals surface area (Å²) in [7, 11) is -3.75. The average molecular weight is 553 g/mol. The Morgan fingerprint density at radius 1 is 1.09 bits per heavy atom. The van der Waals surface area contributed by atoms with Crippen LogP contribution in [-0.2, 0) is 26.2 Å². The minimum Gasteiger partial charge on any atom is -0.354 e. The number of rotatable bonds is 12. The number of halogens is 1. The monoisotopic (exact) mass is 551 g/mol. The van der Waals surface area contributed by atoms with Gasteiger partial charge in [0.2, 0.25) is 21.8 Å². The van der Waals surface area contributed by atoms with Gasteiger partial charge in [-0.1, -0.05) is 66.5 Å². The van der Waals surface area contributed by atoms with Crippen molar-refractivity contribution >= 4 is 43.5 Å². The lowest BCUT2D eigenvalue weighted by Gasteiger charge is -2.33. The first kappa shape index (κ1) is 27.9. The first-order valence-corrected chi connectivity index (χ1v) is 14.1. The highest BCUT2D eigenvalue weighted by molar-refractivity contribution is 9.10. The van der Waals surface area contributed by atoms with E-state index in [0.717, 1.165) is 39.0 Å². The van der Waals surface area contributed by atoms with Crippen LogP contribution in [0.1, 0.15) is 44.2 Å². The zero-order valence-electron chi connectivity index (χ0n) is 20.3. The van der Waals surface area contributed by atoms with Gasteiger partial charge in [-0.3, -0.25) is 13.9 Å². The molecular formula is C25H34BrN3O4S. The molecule has 2 rings (SSSR count). The molecule has 0 saturated heterocycles. The number of nitrogens with zero attached hydrogens (tertiary/aromatic N) is 2. The second kappa shape index (κ2) is 12.9. The smallest absolute Gasteiger partial charge is 0.244 e. The first-order valence-electron chi connectivity index (χ1n) is 11.4. The summed E-state index contributed by atoms with van der Waals surface area (Å²) >= 11 is 3.42. The number of unbranched alkanes of at least 4 members (excludes halogenated alkanes) is 1. The summed E-state index contributed by atoms with van der Waals surface area (Å²) in [6, 6.07) is 13.8. The highest BCUT2D eigenvalue weighted by atomic mass is 79.9. The average Bonchev–Trinajstić information content (AvgIpc) is 2.79. The third kappa shape index (κ3) is 7.84. The Kier molecular flexibility index (Phi) is 10.6. The molecule has 0 saturated carbocycles. The number of aryl methyl sites for hydroxylation is 1. The summed E-state index contributed by atoms with van der Waals surface area (Å²) in [5.41, 5.74) is 2.11. The molecule has 0 bridgehead atoms. The molecule has 2 amide bonds. The maximum absolute atomic E-state index is 13.6. The topological polar surface area (TPSA) is 86.8 Å². The molecule has 0 aliphatic heterocycles. The molecule has 1 unspecified atom stereocenters. The zero-order valence-corrected chi connectivity index (χ0v) is 22.7. The van der Waals surface area contributed by atoms with Crippen LogP contribution in [0.3, 0.4) is 0 Å². The number of sulfonamides is 1. The van der Waals surface area contributed by atoms with Gasteiger partial charge in [0.05, 0.1) is 11.9 Å². The molecule has 2 aromatic rings. The molecule has 2 aromatic carbocycles. The molecule has 0 radical (unpaired) electrons. The van der Waals surface area contributed by atoms with Gasteiger partial charge in [0.25, 0.3) is 0 Å². The van der Waals surface area contributed by atoms with Crippen LogP contribution in [0.5, 0.6) is 0 Å². The number of benzene rings is 2. The number of carbonyl (C=O) groups is 2. The van der Waals surface area contributed by atoms with Crippen molar-refractivity contribution in [1.29, 1.82) is 0 Å². The maximum atomic E-state index is 13.6. The van der Waals surface area contributed by atoms with Crippen LogP contribution in [0.25, 0.3) is 0 Å². The Balaban J connectivity index is 2.39. The summed E-state index contributed by atoms with van der Waals surface area (Å²) in [5.74, 6) is -0.669. The third-order valence-electron chi connectivity index (χ3n) is 5.52. The van der Waals surface area contributed by atoms with Crippen molar-refractivity contribution < 1.29 is 18.0 Å². The van der Waals surface area contributed by atoms with Crippen molar-refractivity contribution in [3.63, 3.8) is 0 Å². The van der Waals surface area contributed by atoms with E-state index in [1.54, 1.807) is 18.2 Å². The van der Waals surface area contributed by atoms with Gasteiger partial charge in [-0.05, 0) is 49.1 Å². The van der Waals surface area contributed by atoms with Crippen LogP contribution in [-0.4, -0.2) is 50.5 Å². The third-order valence-corrected chi connectivity index (χ3v) is 7.55. The zero-order chi connectivity index (χ0) is 25.3. The van der Waals surface area contributed by atoms with Crippen LogP contribution in [0, 0.1) is 6.92 Å². The predicted octanol–water partition coefficient (Wildman–Crippen LogP) is 4.25. The Morgan fingerprint density at radius 3 is 2.32 bits per heavy atom. The van der Waals surface area contributed by atoms with E-state index in [-0.39, 0.29) is 12.5 Å². The minimum atomic E-state index is -3.75. The Labute approximate surface area is 211 Å². The summed E-state index contributed by atoms with van der Waals surface area (Å²) in [6.45, 7) is 6.08. The fourth-order valence-corrected chi connectivity index (χ4v) is 4.69. The van der Waals surface area contributed by atoms with Crippen LogP contribution in [0.4, 0.5) is 5.69 Å². The molecule has 0 heterocycles. The minimum absolute atomic E-state index is 0.205. The second-order valence-electron chi connectivity index (χ2n) is 8.28. The van der Waals surface area contributed by atoms with Crippen LogP contribution < -0.4 is 9.62 Å². The number of amides is 2. The van der Waals surface area contributed by atoms with E-state index in [4.69, 9.17) is 0 Å². The summed E-state index contributed by atoms with van der Waals surface area (Å²) in [4.78, 5) is 28.1. The van der Waals surface area contributed by atoms with E-state index in [0.29, 0.717) is 18.7 Å². The predicted molar refractivity (Wildman–Crippen MR) is 140 cm³/mol. The number of anilines is 1. The number of carbonyl (C=O) groups excluding carboxylic acids is 2. The van der Waals surface area contributed by atoms with E-state index < -0.39 is 28.5 Å². The number of hydrogen-bond acceptors (Lipinski definition) is 4. The molecule has 0 aliphatic rings. The van der Waals surface area contributed by atoms with Gasteiger partial charge < -0.3 is 10.2 Å². The van der Waals surface area contributed by atoms with Gasteiger partial charge in [-0.2, -0.15) is 0 Å². The quantitative estimate of drug-likeness (QED) is 0.399. The fraction of sp³-hybridized carbons (Fsp3) is 0.440. The van der Waals surface area contributed by atoms with E-state index in [1.165, 1.54) is 4.90 Å². The molecule has 186 valence electrons. The normalized spacial score (nSPS) is 12.1. The van der Waals surface area contributed by atoms with Gasteiger partial charge >= 0.3 is 0 Å². The molecule has 1 N–H and O–H groups in total. The van der Waals surface area contributed by atoms with Gasteiger partial charge in [-0.25, -0.2) is 8.42 Å². The SMILES string of the molecule is CCCCNC(=O)C(CC)N(Cc1ccccc1)C(=O)CN(c1ccc(Br)c(C)c1)S(C)(=O)=O. The lowest BCUT2D eigenvalue weighted by atomic mass is 10.1. The summed E-state index contributed by atoms with van der Waals surface area (Å²) < 4.78 is 27.2. The van der Waals surface area contributed by atoms with Gasteiger partial charge in [-0.15, -0.1) is 0 Å². The fourth-order valence-electron chi connectivity index (χ4n) is 3.60. The number of hydrogen-bond donors (Lipinski definition) is 1. The molecule has 0 fully saturated rings. The van der Waals surface area contributed by atoms with E-state index in [1.807, 2.05) is 51.1 Å². The largest absolute Gasteiger partial charge is 0.354 e. The van der Waals surface area contributed by atoms with Crippen molar-refractivity contribution in [3.05, 3.63) is 64.1 Å². The van der Waals surface area contributed by atoms with Gasteiger partial charge in [0.1, 0.15) is 12.6 Å². The van der Waals surface area contributed by atoms with E-state index in [2.05, 4.69) is 21.2 Å². The van der Waals surface area contributed by atoms with Crippen molar-refractivity contribution in [2.45, 2.75) is 52.6 Å². The highest BCUT2D eigenvalue weighted by Gasteiger charge is 2.31. The lowest BCUT2D eigenvalue weighted by molar-refractivity contribution is -0.140. The van der Waals surface area contributed by atoms with Crippen LogP contribution in [0.15, 0.2) is 53.0 Å². The lowest BCUT2D eigenvalue weighted by Crippen LogP contribution is -2.52. The highest BCUT2D eigenvalue weighted by Crippen LogP contribution is 2.25. The molecule has 0 spiro atoms. The van der Waals surface area contributed by atoms with Gasteiger partial charge in [0.15, 0.2) is 0 Å². The summed E-state index contributed by atoms with van der Waals surface area (Å²) in [6.07, 6.45) is 3.28. The molecule has 0 aromatic heterocycles.